The number of amides is 1. The maximum Gasteiger partial charge on any atom is 0.257 e. The van der Waals surface area contributed by atoms with E-state index in [4.69, 9.17) is 34.8 Å². The van der Waals surface area contributed by atoms with Gasteiger partial charge in [-0.2, -0.15) is 0 Å². The average molecular weight is 368 g/mol. The van der Waals surface area contributed by atoms with Crippen molar-refractivity contribution in [3.8, 4) is 5.69 Å². The van der Waals surface area contributed by atoms with Crippen LogP contribution in [0.25, 0.3) is 5.69 Å². The second-order valence-electron chi connectivity index (χ2n) is 4.59. The van der Waals surface area contributed by atoms with Crippen molar-refractivity contribution >= 4 is 46.4 Å². The van der Waals surface area contributed by atoms with Crippen LogP contribution in [-0.4, -0.2) is 20.4 Å². The highest BCUT2D eigenvalue weighted by Gasteiger charge is 2.11. The summed E-state index contributed by atoms with van der Waals surface area (Å²) in [5, 5.41) is 3.57. The Bertz CT molecular complexity index is 865. The minimum Gasteiger partial charge on any atom is -0.322 e. The molecule has 0 saturated heterocycles. The maximum absolute atomic E-state index is 12.2. The Morgan fingerprint density at radius 2 is 1.96 bits per heavy atom. The number of halogens is 3. The van der Waals surface area contributed by atoms with E-state index in [0.717, 1.165) is 5.69 Å². The first-order valence-corrected chi connectivity index (χ1v) is 7.58. The van der Waals surface area contributed by atoms with E-state index < -0.39 is 0 Å². The summed E-state index contributed by atoms with van der Waals surface area (Å²) in [5.41, 5.74) is 1.61. The molecule has 0 unspecified atom stereocenters. The zero-order chi connectivity index (χ0) is 16.4. The predicted octanol–water partition coefficient (Wildman–Crippen LogP) is 4.48. The molecule has 0 aliphatic rings. The molecule has 8 heteroatoms. The molecule has 0 saturated carbocycles. The van der Waals surface area contributed by atoms with E-state index in [2.05, 4.69) is 15.3 Å². The maximum atomic E-state index is 12.2. The van der Waals surface area contributed by atoms with E-state index in [1.165, 1.54) is 12.3 Å². The average Bonchev–Trinajstić information content (AvgIpc) is 3.04. The number of rotatable bonds is 3. The molecule has 0 aliphatic carbocycles. The molecular weight excluding hydrogens is 359 g/mol. The Labute approximate surface area is 146 Å². The van der Waals surface area contributed by atoms with Gasteiger partial charge in [-0.05, 0) is 24.3 Å². The molecule has 1 amide bonds. The molecule has 2 heterocycles. The lowest BCUT2D eigenvalue weighted by Crippen LogP contribution is -2.12. The van der Waals surface area contributed by atoms with Gasteiger partial charge in [-0.25, -0.2) is 9.97 Å². The summed E-state index contributed by atoms with van der Waals surface area (Å²) in [5.74, 6) is -0.359. The Balaban J connectivity index is 1.81. The number of anilines is 1. The van der Waals surface area contributed by atoms with Crippen molar-refractivity contribution in [1.29, 1.82) is 0 Å². The molecule has 0 bridgehead atoms. The van der Waals surface area contributed by atoms with Gasteiger partial charge in [0.15, 0.2) is 0 Å². The normalized spacial score (nSPS) is 10.6. The first-order chi connectivity index (χ1) is 11.0. The molecule has 5 nitrogen and oxygen atoms in total. The molecule has 1 N–H and O–H groups in total. The molecular formula is C15H9Cl3N4O. The Kier molecular flexibility index (Phi) is 4.52. The van der Waals surface area contributed by atoms with Crippen LogP contribution >= 0.6 is 34.8 Å². The van der Waals surface area contributed by atoms with Gasteiger partial charge in [0.05, 0.1) is 27.6 Å². The van der Waals surface area contributed by atoms with Gasteiger partial charge in [-0.3, -0.25) is 4.79 Å². The van der Waals surface area contributed by atoms with Crippen LogP contribution in [-0.2, 0) is 0 Å². The van der Waals surface area contributed by atoms with E-state index in [9.17, 15) is 4.79 Å². The first kappa shape index (κ1) is 15.8. The van der Waals surface area contributed by atoms with Crippen LogP contribution in [0.2, 0.25) is 15.2 Å². The van der Waals surface area contributed by atoms with E-state index >= 15 is 0 Å². The number of hydrogen-bond acceptors (Lipinski definition) is 3. The quantitative estimate of drug-likeness (QED) is 0.694. The van der Waals surface area contributed by atoms with Crippen molar-refractivity contribution in [2.24, 2.45) is 0 Å². The van der Waals surface area contributed by atoms with Crippen LogP contribution < -0.4 is 5.32 Å². The number of hydrogen-bond donors (Lipinski definition) is 1. The third-order valence-corrected chi connectivity index (χ3v) is 4.04. The van der Waals surface area contributed by atoms with Crippen LogP contribution in [0.3, 0.4) is 0 Å². The number of carbonyl (C=O) groups is 1. The summed E-state index contributed by atoms with van der Waals surface area (Å²) < 4.78 is 1.77. The Morgan fingerprint density at radius 1 is 1.13 bits per heavy atom. The third-order valence-electron chi connectivity index (χ3n) is 3.05. The fraction of sp³-hybridized carbons (Fsp3) is 0. The van der Waals surface area contributed by atoms with Gasteiger partial charge in [-0.1, -0.05) is 34.8 Å². The van der Waals surface area contributed by atoms with Gasteiger partial charge >= 0.3 is 0 Å². The van der Waals surface area contributed by atoms with E-state index in [1.807, 2.05) is 0 Å². The van der Waals surface area contributed by atoms with Crippen LogP contribution in [0.4, 0.5) is 5.69 Å². The molecule has 23 heavy (non-hydrogen) atoms. The predicted molar refractivity (Wildman–Crippen MR) is 90.8 cm³/mol. The minimum atomic E-state index is -0.359. The number of nitrogens with one attached hydrogen (secondary N) is 1. The topological polar surface area (TPSA) is 59.8 Å². The second kappa shape index (κ2) is 6.58. The fourth-order valence-electron chi connectivity index (χ4n) is 1.94. The largest absolute Gasteiger partial charge is 0.322 e. The number of carbonyl (C=O) groups excluding carboxylic acids is 1. The lowest BCUT2D eigenvalue weighted by atomic mass is 10.2. The second-order valence-corrected chi connectivity index (χ2v) is 5.76. The molecule has 0 radical (unpaired) electrons. The highest BCUT2D eigenvalue weighted by Crippen LogP contribution is 2.25. The number of benzene rings is 1. The van der Waals surface area contributed by atoms with Crippen molar-refractivity contribution in [2.75, 3.05) is 5.32 Å². The summed E-state index contributed by atoms with van der Waals surface area (Å²) in [6.45, 7) is 0. The highest BCUT2D eigenvalue weighted by atomic mass is 35.5. The van der Waals surface area contributed by atoms with Gasteiger partial charge in [0.1, 0.15) is 5.15 Å². The zero-order valence-electron chi connectivity index (χ0n) is 11.5. The van der Waals surface area contributed by atoms with Crippen molar-refractivity contribution in [3.63, 3.8) is 0 Å². The summed E-state index contributed by atoms with van der Waals surface area (Å²) in [4.78, 5) is 20.0. The minimum absolute atomic E-state index is 0.149. The fourth-order valence-corrected chi connectivity index (χ4v) is 2.49. The van der Waals surface area contributed by atoms with Gasteiger partial charge < -0.3 is 9.88 Å². The van der Waals surface area contributed by atoms with Crippen LogP contribution in [0.15, 0.2) is 49.2 Å². The monoisotopic (exact) mass is 366 g/mol. The van der Waals surface area contributed by atoms with Crippen molar-refractivity contribution < 1.29 is 4.79 Å². The summed E-state index contributed by atoms with van der Waals surface area (Å²) >= 11 is 17.8. The van der Waals surface area contributed by atoms with E-state index in [0.29, 0.717) is 16.3 Å². The molecule has 1 aromatic carbocycles. The van der Waals surface area contributed by atoms with E-state index in [-0.39, 0.29) is 16.1 Å². The first-order valence-electron chi connectivity index (χ1n) is 6.45. The molecule has 3 rings (SSSR count). The Hall–Kier alpha value is -2.08. The van der Waals surface area contributed by atoms with Gasteiger partial charge in [0.25, 0.3) is 5.91 Å². The van der Waals surface area contributed by atoms with Crippen molar-refractivity contribution in [2.45, 2.75) is 0 Å². The van der Waals surface area contributed by atoms with Crippen LogP contribution in [0.5, 0.6) is 0 Å². The lowest BCUT2D eigenvalue weighted by molar-refractivity contribution is 0.102. The SMILES string of the molecule is O=C(Nc1ccc(-n2ccnc2)c(Cl)c1)c1cnc(Cl)c(Cl)c1. The standard InChI is InChI=1S/C15H9Cl3N4O/c16-11-6-10(1-2-13(11)22-4-3-19-8-22)21-15(23)9-5-12(17)14(18)20-7-9/h1-8H,(H,21,23). The zero-order valence-corrected chi connectivity index (χ0v) is 13.8. The molecule has 3 aromatic rings. The smallest absolute Gasteiger partial charge is 0.257 e. The van der Waals surface area contributed by atoms with Crippen molar-refractivity contribution in [3.05, 3.63) is 69.9 Å². The highest BCUT2D eigenvalue weighted by molar-refractivity contribution is 6.41. The molecule has 0 spiro atoms. The molecule has 116 valence electrons. The lowest BCUT2D eigenvalue weighted by Gasteiger charge is -2.09. The molecule has 2 aromatic heterocycles. The van der Waals surface area contributed by atoms with Gasteiger partial charge in [0, 0.05) is 24.3 Å². The van der Waals surface area contributed by atoms with E-state index in [1.54, 1.807) is 41.5 Å². The summed E-state index contributed by atoms with van der Waals surface area (Å²) in [7, 11) is 0. The Morgan fingerprint density at radius 3 is 2.61 bits per heavy atom. The van der Waals surface area contributed by atoms with Crippen LogP contribution in [0, 0.1) is 0 Å². The summed E-state index contributed by atoms with van der Waals surface area (Å²) in [6.07, 6.45) is 6.43. The van der Waals surface area contributed by atoms with Crippen molar-refractivity contribution in [1.82, 2.24) is 14.5 Å². The number of imidazole rings is 1. The summed E-state index contributed by atoms with van der Waals surface area (Å²) in [6, 6.07) is 6.63. The van der Waals surface area contributed by atoms with Gasteiger partial charge in [0.2, 0.25) is 0 Å². The molecule has 0 fully saturated rings. The number of pyridine rings is 1. The van der Waals surface area contributed by atoms with Crippen LogP contribution in [0.1, 0.15) is 10.4 Å². The number of aromatic nitrogens is 3. The number of nitrogens with zero attached hydrogens (tertiary/aromatic N) is 3. The molecule has 0 atom stereocenters. The third kappa shape index (κ3) is 3.47. The molecule has 0 aliphatic heterocycles. The van der Waals surface area contributed by atoms with Gasteiger partial charge in [-0.15, -0.1) is 0 Å².